The highest BCUT2D eigenvalue weighted by Crippen LogP contribution is 2.22. The number of benzene rings is 1. The van der Waals surface area contributed by atoms with Gasteiger partial charge in [0, 0.05) is 24.3 Å². The first-order valence-corrected chi connectivity index (χ1v) is 8.89. The van der Waals surface area contributed by atoms with E-state index in [2.05, 4.69) is 20.4 Å². The van der Waals surface area contributed by atoms with Crippen molar-refractivity contribution in [2.45, 2.75) is 32.6 Å². The van der Waals surface area contributed by atoms with Gasteiger partial charge in [-0.1, -0.05) is 25.0 Å². The number of carbonyl (C=O) groups is 1. The van der Waals surface area contributed by atoms with Crippen LogP contribution in [0.2, 0.25) is 0 Å². The number of ether oxygens (including phenoxy) is 1. The molecule has 132 valence electrons. The van der Waals surface area contributed by atoms with E-state index < -0.39 is 6.09 Å². The van der Waals surface area contributed by atoms with E-state index in [1.165, 1.54) is 25.7 Å². The van der Waals surface area contributed by atoms with Crippen LogP contribution in [0.25, 0.3) is 11.3 Å². The van der Waals surface area contributed by atoms with Crippen LogP contribution in [0.15, 0.2) is 36.4 Å². The average Bonchev–Trinajstić information content (AvgIpc) is 2.92. The monoisotopic (exact) mass is 340 g/mol. The Morgan fingerprint density at radius 3 is 2.36 bits per heavy atom. The van der Waals surface area contributed by atoms with Gasteiger partial charge in [-0.15, -0.1) is 10.2 Å². The summed E-state index contributed by atoms with van der Waals surface area (Å²) in [5.74, 6) is 0.950. The van der Waals surface area contributed by atoms with Gasteiger partial charge in [-0.25, -0.2) is 4.79 Å². The number of rotatable bonds is 4. The summed E-state index contributed by atoms with van der Waals surface area (Å²) in [4.78, 5) is 13.7. The van der Waals surface area contributed by atoms with E-state index in [-0.39, 0.29) is 0 Å². The van der Waals surface area contributed by atoms with E-state index in [4.69, 9.17) is 4.74 Å². The summed E-state index contributed by atoms with van der Waals surface area (Å²) >= 11 is 0. The summed E-state index contributed by atoms with van der Waals surface area (Å²) in [5, 5.41) is 11.4. The van der Waals surface area contributed by atoms with E-state index >= 15 is 0 Å². The number of nitrogens with zero attached hydrogens (tertiary/aromatic N) is 3. The van der Waals surface area contributed by atoms with Crippen molar-refractivity contribution >= 4 is 17.6 Å². The predicted octanol–water partition coefficient (Wildman–Crippen LogP) is 4.09. The highest BCUT2D eigenvalue weighted by Gasteiger charge is 2.12. The molecule has 2 heterocycles. The fourth-order valence-corrected chi connectivity index (χ4v) is 2.96. The van der Waals surface area contributed by atoms with Gasteiger partial charge in [0.2, 0.25) is 0 Å². The summed E-state index contributed by atoms with van der Waals surface area (Å²) in [6.45, 7) is 4.24. The lowest BCUT2D eigenvalue weighted by Gasteiger charge is -2.20. The standard InChI is InChI=1S/C19H24N4O2/c1-2-25-19(24)20-16-9-7-15(8-10-16)17-11-12-18(22-21-17)23-13-5-3-4-6-14-23/h7-12H,2-6,13-14H2,1H3,(H,20,24). The Hall–Kier alpha value is -2.63. The maximum atomic E-state index is 11.4. The number of carbonyl (C=O) groups excluding carboxylic acids is 1. The zero-order valence-electron chi connectivity index (χ0n) is 14.6. The number of aromatic nitrogens is 2. The maximum Gasteiger partial charge on any atom is 0.411 e. The third-order valence-electron chi connectivity index (χ3n) is 4.28. The fourth-order valence-electron chi connectivity index (χ4n) is 2.96. The summed E-state index contributed by atoms with van der Waals surface area (Å²) < 4.78 is 4.86. The number of nitrogens with one attached hydrogen (secondary N) is 1. The molecule has 0 unspecified atom stereocenters. The van der Waals surface area contributed by atoms with Gasteiger partial charge in [-0.3, -0.25) is 5.32 Å². The first kappa shape index (κ1) is 17.2. The van der Waals surface area contributed by atoms with Gasteiger partial charge in [-0.05, 0) is 44.0 Å². The van der Waals surface area contributed by atoms with Crippen molar-refractivity contribution in [3.05, 3.63) is 36.4 Å². The van der Waals surface area contributed by atoms with Crippen molar-refractivity contribution < 1.29 is 9.53 Å². The minimum atomic E-state index is -0.447. The van der Waals surface area contributed by atoms with Gasteiger partial charge < -0.3 is 9.64 Å². The van der Waals surface area contributed by atoms with Crippen LogP contribution in [-0.4, -0.2) is 36.0 Å². The second kappa shape index (κ2) is 8.46. The van der Waals surface area contributed by atoms with Crippen molar-refractivity contribution in [1.29, 1.82) is 0 Å². The maximum absolute atomic E-state index is 11.4. The molecule has 0 saturated carbocycles. The lowest BCUT2D eigenvalue weighted by atomic mass is 10.1. The zero-order chi connectivity index (χ0) is 17.5. The summed E-state index contributed by atoms with van der Waals surface area (Å²) in [6.07, 6.45) is 4.59. The fraction of sp³-hybridized carbons (Fsp3) is 0.421. The highest BCUT2D eigenvalue weighted by atomic mass is 16.5. The van der Waals surface area contributed by atoms with Crippen molar-refractivity contribution in [2.75, 3.05) is 29.9 Å². The lowest BCUT2D eigenvalue weighted by molar-refractivity contribution is 0.168. The van der Waals surface area contributed by atoms with Crippen molar-refractivity contribution in [1.82, 2.24) is 10.2 Å². The van der Waals surface area contributed by atoms with Crippen LogP contribution in [-0.2, 0) is 4.74 Å². The predicted molar refractivity (Wildman–Crippen MR) is 98.8 cm³/mol. The Bertz CT molecular complexity index is 678. The molecule has 0 radical (unpaired) electrons. The molecule has 0 spiro atoms. The molecule has 6 heteroatoms. The van der Waals surface area contributed by atoms with Crippen LogP contribution < -0.4 is 10.2 Å². The summed E-state index contributed by atoms with van der Waals surface area (Å²) in [5.41, 5.74) is 2.47. The minimum Gasteiger partial charge on any atom is -0.450 e. The smallest absolute Gasteiger partial charge is 0.411 e. The largest absolute Gasteiger partial charge is 0.450 e. The molecule has 2 aromatic rings. The number of hydrogen-bond acceptors (Lipinski definition) is 5. The molecule has 1 aliphatic heterocycles. The van der Waals surface area contributed by atoms with Gasteiger partial charge in [0.05, 0.1) is 12.3 Å². The second-order valence-electron chi connectivity index (χ2n) is 6.10. The molecule has 1 fully saturated rings. The van der Waals surface area contributed by atoms with Crippen LogP contribution in [0.3, 0.4) is 0 Å². The molecule has 6 nitrogen and oxygen atoms in total. The molecule has 0 bridgehead atoms. The van der Waals surface area contributed by atoms with Crippen LogP contribution in [0.4, 0.5) is 16.3 Å². The quantitative estimate of drug-likeness (QED) is 0.908. The minimum absolute atomic E-state index is 0.350. The van der Waals surface area contributed by atoms with Crippen LogP contribution in [0.1, 0.15) is 32.6 Å². The van der Waals surface area contributed by atoms with Crippen molar-refractivity contribution in [3.8, 4) is 11.3 Å². The molecule has 0 aliphatic carbocycles. The Morgan fingerprint density at radius 1 is 1.04 bits per heavy atom. The normalized spacial score (nSPS) is 14.7. The first-order chi connectivity index (χ1) is 12.3. The number of anilines is 2. The molecule has 1 N–H and O–H groups in total. The molecule has 3 rings (SSSR count). The van der Waals surface area contributed by atoms with Crippen molar-refractivity contribution in [2.24, 2.45) is 0 Å². The molecular formula is C19H24N4O2. The number of hydrogen-bond donors (Lipinski definition) is 1. The third kappa shape index (κ3) is 4.68. The lowest BCUT2D eigenvalue weighted by Crippen LogP contribution is -2.25. The average molecular weight is 340 g/mol. The topological polar surface area (TPSA) is 67.3 Å². The molecule has 25 heavy (non-hydrogen) atoms. The van der Waals surface area contributed by atoms with E-state index in [1.54, 1.807) is 6.92 Å². The van der Waals surface area contributed by atoms with Gasteiger partial charge in [0.25, 0.3) is 0 Å². The Kier molecular flexibility index (Phi) is 5.82. The van der Waals surface area contributed by atoms with Gasteiger partial charge >= 0.3 is 6.09 Å². The number of amides is 1. The van der Waals surface area contributed by atoms with Crippen LogP contribution >= 0.6 is 0 Å². The van der Waals surface area contributed by atoms with E-state index in [9.17, 15) is 4.79 Å². The third-order valence-corrected chi connectivity index (χ3v) is 4.28. The molecule has 1 aromatic carbocycles. The van der Waals surface area contributed by atoms with E-state index in [0.29, 0.717) is 12.3 Å². The summed E-state index contributed by atoms with van der Waals surface area (Å²) in [6, 6.07) is 11.5. The molecule has 1 amide bonds. The van der Waals surface area contributed by atoms with Crippen molar-refractivity contribution in [3.63, 3.8) is 0 Å². The van der Waals surface area contributed by atoms with E-state index in [0.717, 1.165) is 30.2 Å². The van der Waals surface area contributed by atoms with Crippen LogP contribution in [0.5, 0.6) is 0 Å². The second-order valence-corrected chi connectivity index (χ2v) is 6.10. The molecule has 1 saturated heterocycles. The SMILES string of the molecule is CCOC(=O)Nc1ccc(-c2ccc(N3CCCCCC3)nn2)cc1. The Balaban J connectivity index is 1.66. The van der Waals surface area contributed by atoms with Crippen LogP contribution in [0, 0.1) is 0 Å². The first-order valence-electron chi connectivity index (χ1n) is 8.89. The van der Waals surface area contributed by atoms with E-state index in [1.807, 2.05) is 36.4 Å². The molecule has 1 aromatic heterocycles. The highest BCUT2D eigenvalue weighted by molar-refractivity contribution is 5.85. The Labute approximate surface area is 148 Å². The van der Waals surface area contributed by atoms with Gasteiger partial charge in [0.15, 0.2) is 5.82 Å². The zero-order valence-corrected chi connectivity index (χ0v) is 14.6. The van der Waals surface area contributed by atoms with Gasteiger partial charge in [0.1, 0.15) is 0 Å². The molecule has 1 aliphatic rings. The summed E-state index contributed by atoms with van der Waals surface area (Å²) in [7, 11) is 0. The molecule has 0 atom stereocenters. The Morgan fingerprint density at radius 2 is 1.76 bits per heavy atom. The molecular weight excluding hydrogens is 316 g/mol. The van der Waals surface area contributed by atoms with Gasteiger partial charge in [-0.2, -0.15) is 0 Å².